The number of aromatic nitrogens is 1. The van der Waals surface area contributed by atoms with Gasteiger partial charge in [-0.1, -0.05) is 15.9 Å². The number of rotatable bonds is 3. The molecule has 0 aliphatic carbocycles. The smallest absolute Gasteiger partial charge is 0.167 e. The number of carbonyl (C=O) groups is 1. The van der Waals surface area contributed by atoms with Crippen molar-refractivity contribution in [3.05, 3.63) is 57.2 Å². The van der Waals surface area contributed by atoms with Crippen molar-refractivity contribution in [3.8, 4) is 0 Å². The number of nitrogens with two attached hydrogens (primary N) is 1. The van der Waals surface area contributed by atoms with E-state index in [-0.39, 0.29) is 5.78 Å². The first-order valence-electron chi connectivity index (χ1n) is 5.97. The summed E-state index contributed by atoms with van der Waals surface area (Å²) in [5.74, 6) is 0.526. The number of hydrogen-bond acceptors (Lipinski definition) is 3. The molecule has 2 rings (SSSR count). The van der Waals surface area contributed by atoms with Crippen LogP contribution in [-0.4, -0.2) is 10.8 Å². The van der Waals surface area contributed by atoms with Crippen LogP contribution in [0.25, 0.3) is 0 Å². The monoisotopic (exact) mass is 318 g/mol. The zero-order valence-electron chi connectivity index (χ0n) is 10.9. The van der Waals surface area contributed by atoms with E-state index in [9.17, 15) is 4.79 Å². The maximum Gasteiger partial charge on any atom is 0.167 e. The van der Waals surface area contributed by atoms with Crippen LogP contribution in [0, 0.1) is 13.8 Å². The van der Waals surface area contributed by atoms with Crippen LogP contribution in [0.1, 0.15) is 27.0 Å². The van der Waals surface area contributed by atoms with Gasteiger partial charge in [0.2, 0.25) is 0 Å². The van der Waals surface area contributed by atoms with E-state index in [2.05, 4.69) is 20.9 Å². The van der Waals surface area contributed by atoms with E-state index in [0.29, 0.717) is 12.2 Å². The van der Waals surface area contributed by atoms with Crippen LogP contribution < -0.4 is 5.73 Å². The standard InChI is InChI=1S/C15H15BrN2O/c1-9-5-12(6-10(2)15(9)16)13(19)7-11-3-4-18-14(17)8-11/h3-6,8H,7H2,1-2H3,(H2,17,18). The van der Waals surface area contributed by atoms with Gasteiger partial charge in [-0.15, -0.1) is 0 Å². The Bertz CT molecular complexity index is 615. The SMILES string of the molecule is Cc1cc(C(=O)Cc2ccnc(N)c2)cc(C)c1Br. The molecule has 2 aromatic rings. The molecule has 98 valence electrons. The number of hydrogen-bond donors (Lipinski definition) is 1. The molecule has 0 aliphatic rings. The second-order valence-corrected chi connectivity index (χ2v) is 5.41. The van der Waals surface area contributed by atoms with Crippen molar-refractivity contribution in [2.24, 2.45) is 0 Å². The molecule has 0 amide bonds. The molecular weight excluding hydrogens is 304 g/mol. The molecule has 0 radical (unpaired) electrons. The summed E-state index contributed by atoms with van der Waals surface area (Å²) in [7, 11) is 0. The number of pyridine rings is 1. The Morgan fingerprint density at radius 2 is 1.89 bits per heavy atom. The van der Waals surface area contributed by atoms with Gasteiger partial charge in [0.05, 0.1) is 0 Å². The van der Waals surface area contributed by atoms with Crippen molar-refractivity contribution in [1.82, 2.24) is 4.98 Å². The van der Waals surface area contributed by atoms with Gasteiger partial charge in [-0.3, -0.25) is 4.79 Å². The normalized spacial score (nSPS) is 10.5. The number of anilines is 1. The third kappa shape index (κ3) is 3.20. The lowest BCUT2D eigenvalue weighted by atomic mass is 10.00. The van der Waals surface area contributed by atoms with Crippen molar-refractivity contribution in [1.29, 1.82) is 0 Å². The predicted octanol–water partition coefficient (Wildman–Crippen LogP) is 3.47. The van der Waals surface area contributed by atoms with Crippen LogP contribution in [0.15, 0.2) is 34.9 Å². The van der Waals surface area contributed by atoms with E-state index >= 15 is 0 Å². The molecule has 4 heteroatoms. The van der Waals surface area contributed by atoms with Gasteiger partial charge in [-0.05, 0) is 54.8 Å². The van der Waals surface area contributed by atoms with Gasteiger partial charge < -0.3 is 5.73 Å². The summed E-state index contributed by atoms with van der Waals surface area (Å²) >= 11 is 3.50. The summed E-state index contributed by atoms with van der Waals surface area (Å²) in [4.78, 5) is 16.2. The van der Waals surface area contributed by atoms with Gasteiger partial charge in [0.15, 0.2) is 5.78 Å². The minimum Gasteiger partial charge on any atom is -0.384 e. The van der Waals surface area contributed by atoms with Gasteiger partial charge in [0.1, 0.15) is 5.82 Å². The molecular formula is C15H15BrN2O. The van der Waals surface area contributed by atoms with E-state index in [4.69, 9.17) is 5.73 Å². The van der Waals surface area contributed by atoms with E-state index in [0.717, 1.165) is 26.7 Å². The van der Waals surface area contributed by atoms with Crippen LogP contribution in [0.3, 0.4) is 0 Å². The largest absolute Gasteiger partial charge is 0.384 e. The van der Waals surface area contributed by atoms with Gasteiger partial charge in [0.25, 0.3) is 0 Å². The molecule has 1 heterocycles. The fraction of sp³-hybridized carbons (Fsp3) is 0.200. The fourth-order valence-corrected chi connectivity index (χ4v) is 2.23. The number of halogens is 1. The lowest BCUT2D eigenvalue weighted by molar-refractivity contribution is 0.0993. The van der Waals surface area contributed by atoms with Gasteiger partial charge in [0, 0.05) is 22.7 Å². The number of ketones is 1. The molecule has 2 N–H and O–H groups in total. The molecule has 3 nitrogen and oxygen atoms in total. The zero-order chi connectivity index (χ0) is 14.0. The number of carbonyl (C=O) groups excluding carboxylic acids is 1. The van der Waals surface area contributed by atoms with Gasteiger partial charge in [-0.25, -0.2) is 4.98 Å². The first kappa shape index (κ1) is 13.7. The fourth-order valence-electron chi connectivity index (χ4n) is 2.00. The lowest BCUT2D eigenvalue weighted by Gasteiger charge is -2.07. The average Bonchev–Trinajstić information content (AvgIpc) is 2.35. The molecule has 0 bridgehead atoms. The van der Waals surface area contributed by atoms with E-state index in [1.807, 2.05) is 32.0 Å². The highest BCUT2D eigenvalue weighted by atomic mass is 79.9. The summed E-state index contributed by atoms with van der Waals surface area (Å²) in [6.45, 7) is 3.97. The molecule has 0 atom stereocenters. The second kappa shape index (κ2) is 5.53. The predicted molar refractivity (Wildman–Crippen MR) is 80.3 cm³/mol. The Hall–Kier alpha value is -1.68. The van der Waals surface area contributed by atoms with Gasteiger partial charge in [-0.2, -0.15) is 0 Å². The highest BCUT2D eigenvalue weighted by Gasteiger charge is 2.10. The van der Waals surface area contributed by atoms with Crippen LogP contribution in [0.4, 0.5) is 5.82 Å². The molecule has 0 aliphatic heterocycles. The van der Waals surface area contributed by atoms with Crippen LogP contribution >= 0.6 is 15.9 Å². The topological polar surface area (TPSA) is 56.0 Å². The van der Waals surface area contributed by atoms with Crippen molar-refractivity contribution >= 4 is 27.5 Å². The summed E-state index contributed by atoms with van der Waals surface area (Å²) in [5, 5.41) is 0. The third-order valence-electron chi connectivity index (χ3n) is 2.97. The zero-order valence-corrected chi connectivity index (χ0v) is 12.5. The van der Waals surface area contributed by atoms with Crippen molar-refractivity contribution in [2.75, 3.05) is 5.73 Å². The Morgan fingerprint density at radius 1 is 1.26 bits per heavy atom. The molecule has 19 heavy (non-hydrogen) atoms. The first-order valence-corrected chi connectivity index (χ1v) is 6.77. The number of nitrogens with zero attached hydrogens (tertiary/aromatic N) is 1. The average molecular weight is 319 g/mol. The second-order valence-electron chi connectivity index (χ2n) is 4.61. The first-order chi connectivity index (χ1) is 8.97. The molecule has 0 unspecified atom stereocenters. The van der Waals surface area contributed by atoms with Crippen LogP contribution in [0.5, 0.6) is 0 Å². The summed E-state index contributed by atoms with van der Waals surface area (Å²) in [6, 6.07) is 7.36. The van der Waals surface area contributed by atoms with Crippen molar-refractivity contribution in [3.63, 3.8) is 0 Å². The summed E-state index contributed by atoms with van der Waals surface area (Å²) in [6.07, 6.45) is 1.96. The van der Waals surface area contributed by atoms with Crippen LogP contribution in [-0.2, 0) is 6.42 Å². The van der Waals surface area contributed by atoms with Crippen LogP contribution in [0.2, 0.25) is 0 Å². The number of nitrogen functional groups attached to an aromatic ring is 1. The highest BCUT2D eigenvalue weighted by Crippen LogP contribution is 2.23. The lowest BCUT2D eigenvalue weighted by Crippen LogP contribution is -2.05. The van der Waals surface area contributed by atoms with Crippen molar-refractivity contribution in [2.45, 2.75) is 20.3 Å². The molecule has 0 saturated carbocycles. The third-order valence-corrected chi connectivity index (χ3v) is 4.22. The molecule has 0 spiro atoms. The summed E-state index contributed by atoms with van der Waals surface area (Å²) in [5.41, 5.74) is 9.36. The molecule has 1 aromatic carbocycles. The number of Topliss-reactive ketones (excluding diaryl/α,β-unsaturated/α-hetero) is 1. The Morgan fingerprint density at radius 3 is 2.47 bits per heavy atom. The minimum atomic E-state index is 0.0873. The molecule has 0 saturated heterocycles. The molecule has 0 fully saturated rings. The number of benzene rings is 1. The molecule has 1 aromatic heterocycles. The van der Waals surface area contributed by atoms with E-state index in [1.165, 1.54) is 0 Å². The number of aryl methyl sites for hydroxylation is 2. The minimum absolute atomic E-state index is 0.0873. The van der Waals surface area contributed by atoms with E-state index in [1.54, 1.807) is 12.3 Å². The maximum absolute atomic E-state index is 12.3. The Balaban J connectivity index is 2.25. The Labute approximate surface area is 121 Å². The van der Waals surface area contributed by atoms with Crippen molar-refractivity contribution < 1.29 is 4.79 Å². The Kier molecular flexibility index (Phi) is 4.00. The van der Waals surface area contributed by atoms with E-state index < -0.39 is 0 Å². The summed E-state index contributed by atoms with van der Waals surface area (Å²) < 4.78 is 1.05. The maximum atomic E-state index is 12.3. The highest BCUT2D eigenvalue weighted by molar-refractivity contribution is 9.10. The quantitative estimate of drug-likeness (QED) is 0.881. The van der Waals surface area contributed by atoms with Gasteiger partial charge >= 0.3 is 0 Å².